The molecule has 17 heavy (non-hydrogen) atoms. The van der Waals surface area contributed by atoms with Gasteiger partial charge >= 0.3 is 0 Å². The van der Waals surface area contributed by atoms with Crippen molar-refractivity contribution >= 4 is 17.3 Å². The van der Waals surface area contributed by atoms with Gasteiger partial charge in [-0.3, -0.25) is 0 Å². The Morgan fingerprint density at radius 1 is 1.47 bits per heavy atom. The Kier molecular flexibility index (Phi) is 4.05. The van der Waals surface area contributed by atoms with Crippen LogP contribution in [0.3, 0.4) is 0 Å². The highest BCUT2D eigenvalue weighted by Crippen LogP contribution is 2.18. The first-order valence-corrected chi connectivity index (χ1v) is 6.63. The fourth-order valence-corrected chi connectivity index (χ4v) is 2.46. The van der Waals surface area contributed by atoms with Crippen LogP contribution in [-0.4, -0.2) is 23.1 Å². The normalized spacial score (nSPS) is 16.1. The molecule has 1 saturated carbocycles. The third-order valence-corrected chi connectivity index (χ3v) is 3.65. The van der Waals surface area contributed by atoms with Crippen molar-refractivity contribution in [2.24, 2.45) is 0 Å². The third-order valence-electron chi connectivity index (χ3n) is 3.22. The van der Waals surface area contributed by atoms with Gasteiger partial charge in [0, 0.05) is 13.1 Å². The number of thiocarbonyl (C=S) groups is 1. The standard InChI is InChI=1S/C13H20N2OS/c1-10-7-8-12(16-10)9-15(2)13(17)14-11-5-3-4-6-11/h7-8,11H,3-6,9H2,1-2H3,(H,14,17). The van der Waals surface area contributed by atoms with E-state index in [0.29, 0.717) is 6.04 Å². The molecule has 1 aliphatic rings. The van der Waals surface area contributed by atoms with Crippen LogP contribution >= 0.6 is 12.2 Å². The van der Waals surface area contributed by atoms with Crippen LogP contribution in [0.15, 0.2) is 16.5 Å². The lowest BCUT2D eigenvalue weighted by Crippen LogP contribution is -2.41. The summed E-state index contributed by atoms with van der Waals surface area (Å²) in [6.45, 7) is 2.69. The molecule has 1 aliphatic carbocycles. The van der Waals surface area contributed by atoms with Crippen LogP contribution < -0.4 is 5.32 Å². The van der Waals surface area contributed by atoms with Crippen molar-refractivity contribution in [3.8, 4) is 0 Å². The van der Waals surface area contributed by atoms with E-state index in [0.717, 1.165) is 23.2 Å². The zero-order valence-electron chi connectivity index (χ0n) is 10.5. The first-order chi connectivity index (χ1) is 8.15. The highest BCUT2D eigenvalue weighted by Gasteiger charge is 2.17. The van der Waals surface area contributed by atoms with Gasteiger partial charge in [-0.15, -0.1) is 0 Å². The zero-order valence-corrected chi connectivity index (χ0v) is 11.3. The molecule has 0 saturated heterocycles. The van der Waals surface area contributed by atoms with E-state index < -0.39 is 0 Å². The average molecular weight is 252 g/mol. The topological polar surface area (TPSA) is 28.4 Å². The monoisotopic (exact) mass is 252 g/mol. The van der Waals surface area contributed by atoms with Crippen LogP contribution in [0, 0.1) is 6.92 Å². The van der Waals surface area contributed by atoms with Crippen molar-refractivity contribution in [2.45, 2.75) is 45.2 Å². The highest BCUT2D eigenvalue weighted by atomic mass is 32.1. The second kappa shape index (κ2) is 5.54. The quantitative estimate of drug-likeness (QED) is 0.837. The first kappa shape index (κ1) is 12.4. The van der Waals surface area contributed by atoms with Gasteiger partial charge in [0.05, 0.1) is 6.54 Å². The second-order valence-electron chi connectivity index (χ2n) is 4.80. The molecule has 1 aromatic heterocycles. The van der Waals surface area contributed by atoms with Gasteiger partial charge in [0.2, 0.25) is 0 Å². The SMILES string of the molecule is Cc1ccc(CN(C)C(=S)NC2CCCC2)o1. The summed E-state index contributed by atoms with van der Waals surface area (Å²) >= 11 is 5.39. The van der Waals surface area contributed by atoms with E-state index in [1.807, 2.05) is 31.0 Å². The predicted molar refractivity (Wildman–Crippen MR) is 72.9 cm³/mol. The van der Waals surface area contributed by atoms with Gasteiger partial charge in [0.1, 0.15) is 11.5 Å². The largest absolute Gasteiger partial charge is 0.464 e. The molecule has 0 bridgehead atoms. The first-order valence-electron chi connectivity index (χ1n) is 6.22. The number of aryl methyl sites for hydroxylation is 1. The third kappa shape index (κ3) is 3.46. The molecule has 0 unspecified atom stereocenters. The van der Waals surface area contributed by atoms with Crippen LogP contribution in [0.5, 0.6) is 0 Å². The molecule has 0 atom stereocenters. The van der Waals surface area contributed by atoms with Crippen molar-refractivity contribution in [3.63, 3.8) is 0 Å². The summed E-state index contributed by atoms with van der Waals surface area (Å²) in [7, 11) is 2.00. The summed E-state index contributed by atoms with van der Waals surface area (Å²) in [5.41, 5.74) is 0. The number of hydrogen-bond donors (Lipinski definition) is 1. The van der Waals surface area contributed by atoms with Gasteiger partial charge < -0.3 is 14.6 Å². The Morgan fingerprint density at radius 3 is 2.76 bits per heavy atom. The van der Waals surface area contributed by atoms with Crippen molar-refractivity contribution < 1.29 is 4.42 Å². The molecule has 0 amide bonds. The Bertz CT molecular complexity index is 383. The van der Waals surface area contributed by atoms with Gasteiger partial charge in [0.25, 0.3) is 0 Å². The van der Waals surface area contributed by atoms with E-state index in [1.54, 1.807) is 0 Å². The molecular formula is C13H20N2OS. The Labute approximate surface area is 108 Å². The molecule has 4 heteroatoms. The molecule has 0 radical (unpaired) electrons. The second-order valence-corrected chi connectivity index (χ2v) is 5.19. The van der Waals surface area contributed by atoms with E-state index in [-0.39, 0.29) is 0 Å². The maximum atomic E-state index is 5.55. The highest BCUT2D eigenvalue weighted by molar-refractivity contribution is 7.80. The molecule has 94 valence electrons. The minimum absolute atomic E-state index is 0.572. The van der Waals surface area contributed by atoms with Gasteiger partial charge in [-0.05, 0) is 44.1 Å². The predicted octanol–water partition coefficient (Wildman–Crippen LogP) is 2.84. The van der Waals surface area contributed by atoms with E-state index in [9.17, 15) is 0 Å². The number of nitrogens with zero attached hydrogens (tertiary/aromatic N) is 1. The van der Waals surface area contributed by atoms with Crippen molar-refractivity contribution in [1.29, 1.82) is 0 Å². The molecule has 0 spiro atoms. The number of furan rings is 1. The van der Waals surface area contributed by atoms with E-state index >= 15 is 0 Å². The molecular weight excluding hydrogens is 232 g/mol. The van der Waals surface area contributed by atoms with Crippen molar-refractivity contribution in [1.82, 2.24) is 10.2 Å². The average Bonchev–Trinajstić information content (AvgIpc) is 2.90. The maximum Gasteiger partial charge on any atom is 0.169 e. The minimum Gasteiger partial charge on any atom is -0.464 e. The smallest absolute Gasteiger partial charge is 0.169 e. The van der Waals surface area contributed by atoms with Gasteiger partial charge in [-0.2, -0.15) is 0 Å². The molecule has 1 aromatic rings. The Hall–Kier alpha value is -1.03. The molecule has 0 aromatic carbocycles. The summed E-state index contributed by atoms with van der Waals surface area (Å²) in [5.74, 6) is 1.91. The molecule has 1 N–H and O–H groups in total. The van der Waals surface area contributed by atoms with Gasteiger partial charge in [-0.25, -0.2) is 0 Å². The van der Waals surface area contributed by atoms with Crippen LogP contribution in [0.2, 0.25) is 0 Å². The van der Waals surface area contributed by atoms with Crippen molar-refractivity contribution in [2.75, 3.05) is 7.05 Å². The fraction of sp³-hybridized carbons (Fsp3) is 0.615. The summed E-state index contributed by atoms with van der Waals surface area (Å²) in [6.07, 6.45) is 5.13. The van der Waals surface area contributed by atoms with Crippen LogP contribution in [-0.2, 0) is 6.54 Å². The van der Waals surface area contributed by atoms with E-state index in [2.05, 4.69) is 5.32 Å². The lowest BCUT2D eigenvalue weighted by Gasteiger charge is -2.23. The van der Waals surface area contributed by atoms with Crippen LogP contribution in [0.25, 0.3) is 0 Å². The molecule has 2 rings (SSSR count). The summed E-state index contributed by atoms with van der Waals surface area (Å²) in [6, 6.07) is 4.56. The Balaban J connectivity index is 1.82. The fourth-order valence-electron chi connectivity index (χ4n) is 2.23. The summed E-state index contributed by atoms with van der Waals surface area (Å²) < 4.78 is 5.55. The molecule has 1 fully saturated rings. The summed E-state index contributed by atoms with van der Waals surface area (Å²) in [4.78, 5) is 2.03. The number of hydrogen-bond acceptors (Lipinski definition) is 2. The van der Waals surface area contributed by atoms with E-state index in [4.69, 9.17) is 16.6 Å². The minimum atomic E-state index is 0.572. The summed E-state index contributed by atoms with van der Waals surface area (Å²) in [5, 5.41) is 4.25. The lowest BCUT2D eigenvalue weighted by atomic mass is 10.2. The van der Waals surface area contributed by atoms with E-state index in [1.165, 1.54) is 25.7 Å². The van der Waals surface area contributed by atoms with Crippen LogP contribution in [0.4, 0.5) is 0 Å². The maximum absolute atomic E-state index is 5.55. The molecule has 1 heterocycles. The molecule has 3 nitrogen and oxygen atoms in total. The van der Waals surface area contributed by atoms with Crippen LogP contribution in [0.1, 0.15) is 37.2 Å². The number of nitrogens with one attached hydrogen (secondary N) is 1. The van der Waals surface area contributed by atoms with Gasteiger partial charge in [0.15, 0.2) is 5.11 Å². The molecule has 0 aliphatic heterocycles. The van der Waals surface area contributed by atoms with Crippen molar-refractivity contribution in [3.05, 3.63) is 23.7 Å². The lowest BCUT2D eigenvalue weighted by molar-refractivity contribution is 0.392. The Morgan fingerprint density at radius 2 is 2.18 bits per heavy atom. The number of rotatable bonds is 3. The zero-order chi connectivity index (χ0) is 12.3. The van der Waals surface area contributed by atoms with Gasteiger partial charge in [-0.1, -0.05) is 12.8 Å².